The lowest BCUT2D eigenvalue weighted by Crippen LogP contribution is -2.17. The molecule has 0 saturated carbocycles. The van der Waals surface area contributed by atoms with Crippen LogP contribution in [0.25, 0.3) is 110 Å². The van der Waals surface area contributed by atoms with Crippen molar-refractivity contribution in [1.82, 2.24) is 9.13 Å². The van der Waals surface area contributed by atoms with Gasteiger partial charge in [-0.2, -0.15) is 0 Å². The molecule has 4 heterocycles. The molecule has 0 aliphatic rings. The summed E-state index contributed by atoms with van der Waals surface area (Å²) in [5, 5.41) is 11.2. The fourth-order valence-corrected chi connectivity index (χ4v) is 14.2. The second-order valence-electron chi connectivity index (χ2n) is 29.5. The molecule has 0 atom stereocenters. The van der Waals surface area contributed by atoms with Crippen molar-refractivity contribution in [3.05, 3.63) is 265 Å². The van der Waals surface area contributed by atoms with E-state index in [-0.39, 0.29) is 21.7 Å². The van der Waals surface area contributed by atoms with E-state index in [1.54, 1.807) is 0 Å². The molecular weight excluding hydrogens is 1120 g/mol. The van der Waals surface area contributed by atoms with Gasteiger partial charge in [-0.15, -0.1) is 0 Å². The summed E-state index contributed by atoms with van der Waals surface area (Å²) in [6.45, 7) is 27.8. The Balaban J connectivity index is 0.844. The molecule has 0 amide bonds. The Morgan fingerprint density at radius 1 is 0.261 bits per heavy atom. The summed E-state index contributed by atoms with van der Waals surface area (Å²) in [4.78, 5) is 4.85. The first-order chi connectivity index (χ1) is 44.1. The average Bonchev–Trinajstić information content (AvgIpc) is 1.67. The Morgan fingerprint density at radius 3 is 0.978 bits per heavy atom. The van der Waals surface area contributed by atoms with Crippen LogP contribution in [0.15, 0.2) is 251 Å². The Kier molecular flexibility index (Phi) is 12.7. The predicted octanol–water partition coefficient (Wildman–Crippen LogP) is 25.0. The van der Waals surface area contributed by atoms with Gasteiger partial charge in [0.05, 0.1) is 33.4 Å². The number of hydrogen-bond acceptors (Lipinski definition) is 4. The highest BCUT2D eigenvalue weighted by molar-refractivity contribution is 6.20. The highest BCUT2D eigenvalue weighted by Crippen LogP contribution is 2.49. The Bertz CT molecular complexity index is 5220. The first-order valence-corrected chi connectivity index (χ1v) is 32.5. The largest absolute Gasteiger partial charge is 0.456 e. The molecule has 0 N–H and O–H groups in total. The summed E-state index contributed by atoms with van der Waals surface area (Å²) in [6.07, 6.45) is 0. The second-order valence-corrected chi connectivity index (χ2v) is 29.5. The van der Waals surface area contributed by atoms with Gasteiger partial charge in [0, 0.05) is 77.2 Å². The van der Waals surface area contributed by atoms with Crippen molar-refractivity contribution in [3.8, 4) is 11.4 Å². The van der Waals surface area contributed by atoms with E-state index < -0.39 is 0 Å². The van der Waals surface area contributed by atoms with E-state index in [9.17, 15) is 0 Å². The molecule has 0 aliphatic carbocycles. The van der Waals surface area contributed by atoms with E-state index in [0.717, 1.165) is 99.8 Å². The summed E-state index contributed by atoms with van der Waals surface area (Å²) in [5.74, 6) is 0. The van der Waals surface area contributed by atoms with Crippen molar-refractivity contribution in [2.75, 3.05) is 9.80 Å². The maximum Gasteiger partial charge on any atom is 0.136 e. The van der Waals surface area contributed by atoms with E-state index in [2.05, 4.69) is 345 Å². The van der Waals surface area contributed by atoms with Gasteiger partial charge in [0.1, 0.15) is 22.3 Å². The van der Waals surface area contributed by atoms with Crippen LogP contribution in [0.2, 0.25) is 0 Å². The van der Waals surface area contributed by atoms with Gasteiger partial charge in [-0.05, 0) is 200 Å². The van der Waals surface area contributed by atoms with Crippen LogP contribution in [-0.2, 0) is 21.7 Å². The molecule has 4 aromatic heterocycles. The van der Waals surface area contributed by atoms with Crippen LogP contribution in [0.5, 0.6) is 0 Å². The van der Waals surface area contributed by atoms with Gasteiger partial charge in [0.15, 0.2) is 0 Å². The lowest BCUT2D eigenvalue weighted by Gasteiger charge is -2.27. The molecule has 0 saturated heterocycles. The molecule has 6 heteroatoms. The molecule has 92 heavy (non-hydrogen) atoms. The monoisotopic (exact) mass is 1200 g/mol. The summed E-state index contributed by atoms with van der Waals surface area (Å²) < 4.78 is 18.6. The van der Waals surface area contributed by atoms with Gasteiger partial charge in [0.2, 0.25) is 0 Å². The van der Waals surface area contributed by atoms with Gasteiger partial charge in [-0.1, -0.05) is 180 Å². The highest BCUT2D eigenvalue weighted by Gasteiger charge is 2.29. The van der Waals surface area contributed by atoms with Crippen LogP contribution in [0, 0.1) is 0 Å². The van der Waals surface area contributed by atoms with Gasteiger partial charge >= 0.3 is 0 Å². The number of benzene rings is 12. The SMILES string of the molecule is CC(C)(C)c1cc(-n2c3ccccc3c3c(N(c4ccccc4)c4ccc5oc6cc7cc8oc9ccc(N(c%10ccccc%10)c%10cccc%11c%10c%10ccccc%10n%11-c%10cc(C(C)(C)C)cc(C(C)(C)C)c%10)cc9c8cc7cc6c5c4)cccc32)cc(C(C)(C)C)c1. The third kappa shape index (κ3) is 9.36. The van der Waals surface area contributed by atoms with E-state index in [1.165, 1.54) is 66.2 Å². The molecule has 0 unspecified atom stereocenters. The maximum atomic E-state index is 6.81. The number of para-hydroxylation sites is 4. The van der Waals surface area contributed by atoms with Gasteiger partial charge < -0.3 is 27.8 Å². The van der Waals surface area contributed by atoms with E-state index in [1.807, 2.05) is 0 Å². The molecule has 0 spiro atoms. The molecule has 0 aliphatic heterocycles. The molecule has 0 fully saturated rings. The average molecular weight is 1200 g/mol. The first-order valence-electron chi connectivity index (χ1n) is 32.5. The van der Waals surface area contributed by atoms with Crippen LogP contribution >= 0.6 is 0 Å². The van der Waals surface area contributed by atoms with E-state index in [4.69, 9.17) is 8.83 Å². The zero-order valence-electron chi connectivity index (χ0n) is 54.7. The van der Waals surface area contributed by atoms with Crippen molar-refractivity contribution >= 4 is 132 Å². The molecule has 16 rings (SSSR count). The van der Waals surface area contributed by atoms with Crippen LogP contribution in [0.1, 0.15) is 105 Å². The fourth-order valence-electron chi connectivity index (χ4n) is 14.2. The van der Waals surface area contributed by atoms with Crippen LogP contribution < -0.4 is 9.80 Å². The Hall–Kier alpha value is -10.3. The molecule has 16 aromatic rings. The number of nitrogens with zero attached hydrogens (tertiary/aromatic N) is 4. The molecule has 452 valence electrons. The van der Waals surface area contributed by atoms with Crippen LogP contribution in [-0.4, -0.2) is 9.13 Å². The van der Waals surface area contributed by atoms with E-state index >= 15 is 0 Å². The predicted molar refractivity (Wildman–Crippen MR) is 391 cm³/mol. The molecule has 6 nitrogen and oxygen atoms in total. The summed E-state index contributed by atoms with van der Waals surface area (Å²) >= 11 is 0. The van der Waals surface area contributed by atoms with Crippen LogP contribution in [0.3, 0.4) is 0 Å². The lowest BCUT2D eigenvalue weighted by molar-refractivity contribution is 0.567. The Morgan fingerprint density at radius 2 is 0.598 bits per heavy atom. The Labute approximate surface area is 538 Å². The number of hydrogen-bond donors (Lipinski definition) is 0. The highest BCUT2D eigenvalue weighted by atomic mass is 16.3. The number of aromatic nitrogens is 2. The molecule has 12 aromatic carbocycles. The van der Waals surface area contributed by atoms with Crippen molar-refractivity contribution in [2.24, 2.45) is 0 Å². The smallest absolute Gasteiger partial charge is 0.136 e. The van der Waals surface area contributed by atoms with Gasteiger partial charge in [-0.3, -0.25) is 0 Å². The fraction of sp³-hybridized carbons (Fsp3) is 0.186. The zero-order valence-corrected chi connectivity index (χ0v) is 54.7. The topological polar surface area (TPSA) is 42.6 Å². The minimum Gasteiger partial charge on any atom is -0.456 e. The quantitative estimate of drug-likeness (QED) is 0.152. The third-order valence-electron chi connectivity index (χ3n) is 19.2. The first kappa shape index (κ1) is 56.9. The molecular formula is C86H76N4O2. The normalized spacial score (nSPS) is 12.8. The number of rotatable bonds is 8. The maximum absolute atomic E-state index is 6.81. The van der Waals surface area contributed by atoms with Gasteiger partial charge in [0.25, 0.3) is 0 Å². The zero-order chi connectivity index (χ0) is 63.3. The molecule has 0 bridgehead atoms. The van der Waals surface area contributed by atoms with Crippen LogP contribution in [0.4, 0.5) is 34.1 Å². The van der Waals surface area contributed by atoms with Crippen molar-refractivity contribution in [1.29, 1.82) is 0 Å². The van der Waals surface area contributed by atoms with E-state index in [0.29, 0.717) is 0 Å². The van der Waals surface area contributed by atoms with Crippen molar-refractivity contribution < 1.29 is 8.83 Å². The minimum absolute atomic E-state index is 0.0392. The number of anilines is 6. The standard InChI is InChI=1S/C86H76N4O2/c1-83(2,3)55-45-56(84(4,5)6)48-63(47-55)89-71-31-21-19-29-65(71)81-73(33-23-35-75(81)89)87(59-25-15-13-16-26-59)61-37-39-77-69(51-61)67-41-53-42-68-70-52-62(38-40-78(70)92-80(68)44-54(53)43-79(67)91-77)88(60-27-17-14-18-28-60)74-34-24-36-76-82(74)66-30-20-22-32-72(66)90(76)64-49-57(85(7,8)9)46-58(50-64)86(10,11)12/h13-52H,1-12H3. The van der Waals surface area contributed by atoms with Crippen molar-refractivity contribution in [3.63, 3.8) is 0 Å². The summed E-state index contributed by atoms with van der Waals surface area (Å²) in [7, 11) is 0. The summed E-state index contributed by atoms with van der Waals surface area (Å²) in [6, 6.07) is 89.7. The molecule has 0 radical (unpaired) electrons. The van der Waals surface area contributed by atoms with Gasteiger partial charge in [-0.25, -0.2) is 0 Å². The number of fused-ring (bicyclic) bond motifs is 13. The number of furan rings is 2. The lowest BCUT2D eigenvalue weighted by atomic mass is 9.80. The summed E-state index contributed by atoms with van der Waals surface area (Å²) in [5.41, 5.74) is 21.9. The minimum atomic E-state index is -0.0392. The second kappa shape index (κ2) is 20.6. The van der Waals surface area contributed by atoms with Crippen molar-refractivity contribution in [2.45, 2.75) is 105 Å². The third-order valence-corrected chi connectivity index (χ3v) is 19.2.